The van der Waals surface area contributed by atoms with Gasteiger partial charge in [0, 0.05) is 35.7 Å². The van der Waals surface area contributed by atoms with E-state index in [0.29, 0.717) is 30.4 Å². The lowest BCUT2D eigenvalue weighted by Crippen LogP contribution is -2.66. The third-order valence-electron chi connectivity index (χ3n) is 14.4. The van der Waals surface area contributed by atoms with E-state index in [1.165, 1.54) is 18.2 Å². The number of allylic oxidation sites excluding steroid dienone is 1. The molecule has 0 amide bonds. The third-order valence-corrected chi connectivity index (χ3v) is 14.4. The van der Waals surface area contributed by atoms with E-state index in [0.717, 1.165) is 12.8 Å². The molecule has 5 aliphatic carbocycles. The number of ether oxygens (including phenoxy) is 1. The smallest absolute Gasteiger partial charge is 0.160 e. The van der Waals surface area contributed by atoms with Crippen LogP contribution in [0.25, 0.3) is 0 Å². The highest BCUT2D eigenvalue weighted by atomic mass is 16.6. The van der Waals surface area contributed by atoms with Crippen LogP contribution >= 0.6 is 0 Å². The second kappa shape index (κ2) is 9.77. The molecule has 15 unspecified atom stereocenters. The van der Waals surface area contributed by atoms with Crippen LogP contribution in [0.1, 0.15) is 91.0 Å². The van der Waals surface area contributed by atoms with Gasteiger partial charge in [-0.15, -0.1) is 0 Å². The molecule has 7 rings (SSSR count). The van der Waals surface area contributed by atoms with Gasteiger partial charge in [0.15, 0.2) is 5.78 Å². The van der Waals surface area contributed by atoms with Crippen LogP contribution in [0, 0.1) is 40.4 Å². The van der Waals surface area contributed by atoms with Crippen molar-refractivity contribution in [3.8, 4) is 11.5 Å². The predicted octanol–water partition coefficient (Wildman–Crippen LogP) is 3.31. The van der Waals surface area contributed by atoms with E-state index in [4.69, 9.17) is 4.74 Å². The van der Waals surface area contributed by atoms with Gasteiger partial charge in [0.2, 0.25) is 0 Å². The molecule has 15 atom stereocenters. The summed E-state index contributed by atoms with van der Waals surface area (Å²) in [4.78, 5) is 14.3. The number of hydrogen-bond donors (Lipinski definition) is 7. The van der Waals surface area contributed by atoms with E-state index in [1.807, 2.05) is 20.8 Å². The molecule has 6 aliphatic rings. The number of fused-ring (bicyclic) bond motifs is 7. The molecule has 7 N–H and O–H groups in total. The molecule has 0 aromatic heterocycles. The minimum absolute atomic E-state index is 0.0646. The van der Waals surface area contributed by atoms with Crippen molar-refractivity contribution >= 4 is 5.78 Å². The number of rotatable bonds is 1. The van der Waals surface area contributed by atoms with Crippen LogP contribution in [0.2, 0.25) is 0 Å². The summed E-state index contributed by atoms with van der Waals surface area (Å²) in [6.45, 7) is 9.88. The summed E-state index contributed by atoms with van der Waals surface area (Å²) < 4.78 is 6.84. The fraction of sp³-hybridized carbons (Fsp3) is 0.750. The van der Waals surface area contributed by atoms with Crippen LogP contribution in [0.4, 0.5) is 0 Å². The van der Waals surface area contributed by atoms with E-state index < -0.39 is 69.8 Å². The van der Waals surface area contributed by atoms with Gasteiger partial charge >= 0.3 is 0 Å². The molecular formula is C36H50O9. The average molecular weight is 627 g/mol. The summed E-state index contributed by atoms with van der Waals surface area (Å²) in [6, 6.07) is 4.02. The molecule has 0 bridgehead atoms. The minimum atomic E-state index is -1.46. The van der Waals surface area contributed by atoms with Gasteiger partial charge in [-0.05, 0) is 85.1 Å². The Morgan fingerprint density at radius 1 is 0.911 bits per heavy atom. The van der Waals surface area contributed by atoms with Crippen LogP contribution in [-0.4, -0.2) is 82.7 Å². The normalized spacial score (nSPS) is 54.1. The van der Waals surface area contributed by atoms with E-state index in [1.54, 1.807) is 13.0 Å². The highest BCUT2D eigenvalue weighted by molar-refractivity contribution is 5.96. The topological polar surface area (TPSA) is 168 Å². The maximum Gasteiger partial charge on any atom is 0.160 e. The van der Waals surface area contributed by atoms with Crippen molar-refractivity contribution in [3.63, 3.8) is 0 Å². The van der Waals surface area contributed by atoms with Crippen molar-refractivity contribution in [1.29, 1.82) is 0 Å². The first-order valence-electron chi connectivity index (χ1n) is 16.9. The first kappa shape index (κ1) is 31.6. The van der Waals surface area contributed by atoms with E-state index >= 15 is 0 Å². The second-order valence-corrected chi connectivity index (χ2v) is 16.5. The first-order valence-corrected chi connectivity index (χ1v) is 16.9. The van der Waals surface area contributed by atoms with Gasteiger partial charge in [0.1, 0.15) is 17.1 Å². The first-order chi connectivity index (χ1) is 20.9. The zero-order valence-corrected chi connectivity index (χ0v) is 27.0. The van der Waals surface area contributed by atoms with Gasteiger partial charge in [0.25, 0.3) is 0 Å². The van der Waals surface area contributed by atoms with Crippen LogP contribution in [0.15, 0.2) is 29.8 Å². The highest BCUT2D eigenvalue weighted by Gasteiger charge is 2.79. The Morgan fingerprint density at radius 2 is 1.58 bits per heavy atom. The van der Waals surface area contributed by atoms with Crippen LogP contribution in [0.3, 0.4) is 0 Å². The van der Waals surface area contributed by atoms with Gasteiger partial charge in [-0.25, -0.2) is 0 Å². The van der Waals surface area contributed by atoms with Gasteiger partial charge in [-0.3, -0.25) is 4.79 Å². The number of phenols is 2. The maximum atomic E-state index is 14.3. The summed E-state index contributed by atoms with van der Waals surface area (Å²) in [5, 5.41) is 80.0. The van der Waals surface area contributed by atoms with Crippen molar-refractivity contribution in [2.24, 2.45) is 40.4 Å². The lowest BCUT2D eigenvalue weighted by molar-refractivity contribution is -0.223. The lowest BCUT2D eigenvalue weighted by Gasteiger charge is -2.62. The fourth-order valence-corrected chi connectivity index (χ4v) is 12.0. The summed E-state index contributed by atoms with van der Waals surface area (Å²) in [6.07, 6.45) is 1.48. The molecule has 1 heterocycles. The summed E-state index contributed by atoms with van der Waals surface area (Å²) >= 11 is 0. The number of phenolic OH excluding ortho intramolecular Hbond substituents is 2. The monoisotopic (exact) mass is 626 g/mol. The SMILES string of the molecule is CC1CCCC2(OC3CC4(O)C5=CC(=O)C6C(c7cc(O)cc(O)c7)C(O)C(O)CC6(C)C5CCC4(C)C3C2(C)O)C(O)C1C. The van der Waals surface area contributed by atoms with E-state index in [-0.39, 0.29) is 47.9 Å². The third kappa shape index (κ3) is 3.85. The van der Waals surface area contributed by atoms with E-state index in [9.17, 15) is 40.5 Å². The Kier molecular flexibility index (Phi) is 6.85. The van der Waals surface area contributed by atoms with Gasteiger partial charge in [-0.2, -0.15) is 0 Å². The summed E-state index contributed by atoms with van der Waals surface area (Å²) in [5.41, 5.74) is -4.75. The van der Waals surface area contributed by atoms with Gasteiger partial charge < -0.3 is 40.5 Å². The number of aromatic hydroxyl groups is 2. The molecule has 5 fully saturated rings. The number of carbonyl (C=O) groups excluding carboxylic acids is 1. The van der Waals surface area contributed by atoms with Crippen molar-refractivity contribution in [1.82, 2.24) is 0 Å². The quantitative estimate of drug-likeness (QED) is 0.247. The fourth-order valence-electron chi connectivity index (χ4n) is 12.0. The van der Waals surface area contributed by atoms with Gasteiger partial charge in [-0.1, -0.05) is 40.5 Å². The molecule has 0 radical (unpaired) electrons. The number of aliphatic hydroxyl groups is 5. The number of benzene rings is 1. The Bertz CT molecular complexity index is 1420. The Hall–Kier alpha value is -2.01. The average Bonchev–Trinajstić information content (AvgIpc) is 3.27. The lowest BCUT2D eigenvalue weighted by atomic mass is 9.43. The molecule has 1 aromatic rings. The highest BCUT2D eigenvalue weighted by Crippen LogP contribution is 2.73. The molecule has 9 heteroatoms. The van der Waals surface area contributed by atoms with Crippen molar-refractivity contribution in [3.05, 3.63) is 35.4 Å². The number of carbonyl (C=O) groups is 1. The van der Waals surface area contributed by atoms with Crippen LogP contribution in [-0.2, 0) is 9.53 Å². The largest absolute Gasteiger partial charge is 0.508 e. The standard InChI is InChI=1S/C36H50O9/c1-17-7-6-9-36(31(42)18(17)2)34(5,43)30-26(45-36)16-35(44)23-14-24(39)28-27(19-11-20(37)13-21(38)12-19)29(41)25(40)15-32(28,3)22(23)8-10-33(30,35)4/h11-14,17-18,22,25-31,37-38,40-44H,6-10,15-16H2,1-5H3. The van der Waals surface area contributed by atoms with Crippen LogP contribution in [0.5, 0.6) is 11.5 Å². The zero-order chi connectivity index (χ0) is 32.6. The second-order valence-electron chi connectivity index (χ2n) is 16.5. The van der Waals surface area contributed by atoms with Crippen molar-refractivity contribution in [2.45, 2.75) is 127 Å². The molecule has 248 valence electrons. The van der Waals surface area contributed by atoms with Gasteiger partial charge in [0.05, 0.1) is 35.6 Å². The Morgan fingerprint density at radius 3 is 2.24 bits per heavy atom. The molecular weight excluding hydrogens is 576 g/mol. The predicted molar refractivity (Wildman–Crippen MR) is 164 cm³/mol. The number of ketones is 1. The summed E-state index contributed by atoms with van der Waals surface area (Å²) in [7, 11) is 0. The maximum absolute atomic E-state index is 14.3. The molecule has 1 saturated heterocycles. The molecule has 9 nitrogen and oxygen atoms in total. The zero-order valence-electron chi connectivity index (χ0n) is 27.0. The molecule has 1 spiro atoms. The molecule has 4 saturated carbocycles. The Balaban J connectivity index is 1.30. The van der Waals surface area contributed by atoms with Crippen molar-refractivity contribution < 1.29 is 45.3 Å². The summed E-state index contributed by atoms with van der Waals surface area (Å²) in [5.74, 6) is -2.87. The van der Waals surface area contributed by atoms with Crippen molar-refractivity contribution in [2.75, 3.05) is 0 Å². The van der Waals surface area contributed by atoms with E-state index in [2.05, 4.69) is 6.92 Å². The number of aliphatic hydroxyl groups excluding tert-OH is 3. The Labute approximate surface area is 264 Å². The molecule has 1 aliphatic heterocycles. The molecule has 1 aromatic carbocycles. The van der Waals surface area contributed by atoms with Crippen LogP contribution < -0.4 is 0 Å². The minimum Gasteiger partial charge on any atom is -0.508 e. The number of hydrogen-bond acceptors (Lipinski definition) is 9. The molecule has 45 heavy (non-hydrogen) atoms.